The predicted molar refractivity (Wildman–Crippen MR) is 277 cm³/mol. The van der Waals surface area contributed by atoms with Gasteiger partial charge >= 0.3 is 11.9 Å². The summed E-state index contributed by atoms with van der Waals surface area (Å²) in [5, 5.41) is 11.7. The van der Waals surface area contributed by atoms with E-state index in [2.05, 4.69) is 86.8 Å². The van der Waals surface area contributed by atoms with Crippen LogP contribution < -0.4 is 5.11 Å². The molecule has 0 amide bonds. The lowest BCUT2D eigenvalue weighted by Crippen LogP contribution is -2.55. The van der Waals surface area contributed by atoms with Crippen LogP contribution in [-0.4, -0.2) is 75.5 Å². The van der Waals surface area contributed by atoms with Crippen molar-refractivity contribution < 1.29 is 38.2 Å². The summed E-state index contributed by atoms with van der Waals surface area (Å²) in [6.45, 7) is 4.54. The zero-order valence-electron chi connectivity index (χ0n) is 43.3. The molecule has 2 unspecified atom stereocenters. The molecule has 0 aliphatic carbocycles. The summed E-state index contributed by atoms with van der Waals surface area (Å²) in [4.78, 5) is 37.1. The minimum absolute atomic E-state index is 0.0289. The molecule has 0 aliphatic heterocycles. The molecule has 0 aliphatic rings. The Morgan fingerprint density at radius 3 is 1.26 bits per heavy atom. The lowest BCUT2D eigenvalue weighted by molar-refractivity contribution is -0.889. The van der Waals surface area contributed by atoms with E-state index in [1.54, 1.807) is 21.1 Å². The van der Waals surface area contributed by atoms with Gasteiger partial charge in [0, 0.05) is 19.3 Å². The SMILES string of the molecule is CC/C=C/C/C=C/C/C=C/C/C=C/C/C=C/C/C=C/CCCCCC(=O)OCC(COCCC(C(=O)[O-])[N+](C)(C)C)OC(=O)CCCCCCCCCCCCCCCCCCCCCC. The highest BCUT2D eigenvalue weighted by Gasteiger charge is 2.25. The van der Waals surface area contributed by atoms with E-state index >= 15 is 0 Å². The van der Waals surface area contributed by atoms with Crippen LogP contribution in [0.5, 0.6) is 0 Å². The highest BCUT2D eigenvalue weighted by Crippen LogP contribution is 2.16. The highest BCUT2D eigenvalue weighted by atomic mass is 16.6. The van der Waals surface area contributed by atoms with Crippen molar-refractivity contribution in [1.82, 2.24) is 0 Å². The van der Waals surface area contributed by atoms with E-state index in [0.29, 0.717) is 12.8 Å². The minimum atomic E-state index is -1.13. The third-order valence-corrected chi connectivity index (χ3v) is 11.9. The second-order valence-corrected chi connectivity index (χ2v) is 19.1. The number of nitrogens with zero attached hydrogens (tertiary/aromatic N) is 1. The Labute approximate surface area is 406 Å². The molecule has 0 saturated heterocycles. The molecule has 0 aromatic rings. The fourth-order valence-corrected chi connectivity index (χ4v) is 7.72. The van der Waals surface area contributed by atoms with Crippen molar-refractivity contribution in [2.75, 3.05) is 41.0 Å². The van der Waals surface area contributed by atoms with E-state index in [0.717, 1.165) is 83.5 Å². The molecule has 380 valence electrons. The normalized spacial score (nSPS) is 13.4. The largest absolute Gasteiger partial charge is 0.544 e. The lowest BCUT2D eigenvalue weighted by Gasteiger charge is -2.34. The molecule has 0 fully saturated rings. The average molecular weight is 924 g/mol. The number of likely N-dealkylation sites (N-methyl/N-ethyl adjacent to an activating group) is 1. The van der Waals surface area contributed by atoms with Crippen molar-refractivity contribution in [2.24, 2.45) is 0 Å². The number of quaternary nitrogens is 1. The van der Waals surface area contributed by atoms with Crippen LogP contribution in [-0.2, 0) is 28.6 Å². The van der Waals surface area contributed by atoms with Gasteiger partial charge in [0.15, 0.2) is 6.10 Å². The molecule has 8 nitrogen and oxygen atoms in total. The smallest absolute Gasteiger partial charge is 0.306 e. The summed E-state index contributed by atoms with van der Waals surface area (Å²) in [5.74, 6) is -1.77. The summed E-state index contributed by atoms with van der Waals surface area (Å²) in [6, 6.07) is -0.734. The monoisotopic (exact) mass is 924 g/mol. The maximum atomic E-state index is 12.8. The van der Waals surface area contributed by atoms with Crippen LogP contribution in [0.1, 0.15) is 226 Å². The number of hydrogen-bond acceptors (Lipinski definition) is 7. The lowest BCUT2D eigenvalue weighted by atomic mass is 10.0. The molecule has 0 rings (SSSR count). The fraction of sp³-hybridized carbons (Fsp3) is 0.741. The Hall–Kier alpha value is -3.23. The zero-order chi connectivity index (χ0) is 48.4. The zero-order valence-corrected chi connectivity index (χ0v) is 43.3. The van der Waals surface area contributed by atoms with Gasteiger partial charge in [0.1, 0.15) is 12.6 Å². The van der Waals surface area contributed by atoms with Crippen molar-refractivity contribution in [1.29, 1.82) is 0 Å². The predicted octanol–water partition coefficient (Wildman–Crippen LogP) is 14.5. The number of ether oxygens (including phenoxy) is 3. The number of carboxylic acid groups (broad SMARTS) is 1. The Kier molecular flexibility index (Phi) is 45.9. The maximum Gasteiger partial charge on any atom is 0.306 e. The number of rotatable bonds is 48. The molecule has 0 saturated carbocycles. The van der Waals surface area contributed by atoms with Crippen LogP contribution in [0, 0.1) is 0 Å². The molecular formula is C58H101NO7. The number of carbonyl (C=O) groups excluding carboxylic acids is 3. The third-order valence-electron chi connectivity index (χ3n) is 11.9. The van der Waals surface area contributed by atoms with Gasteiger partial charge in [0.25, 0.3) is 0 Å². The summed E-state index contributed by atoms with van der Waals surface area (Å²) in [6.07, 6.45) is 62.2. The summed E-state index contributed by atoms with van der Waals surface area (Å²) < 4.78 is 17.2. The van der Waals surface area contributed by atoms with Crippen LogP contribution >= 0.6 is 0 Å². The summed E-state index contributed by atoms with van der Waals surface area (Å²) >= 11 is 0. The first-order valence-corrected chi connectivity index (χ1v) is 27.0. The molecule has 0 spiro atoms. The summed E-state index contributed by atoms with van der Waals surface area (Å²) in [5.41, 5.74) is 0. The van der Waals surface area contributed by atoms with Crippen molar-refractivity contribution in [3.8, 4) is 0 Å². The van der Waals surface area contributed by atoms with Gasteiger partial charge < -0.3 is 28.6 Å². The summed E-state index contributed by atoms with van der Waals surface area (Å²) in [7, 11) is 5.41. The highest BCUT2D eigenvalue weighted by molar-refractivity contribution is 5.70. The first kappa shape index (κ1) is 62.8. The maximum absolute atomic E-state index is 12.8. The van der Waals surface area contributed by atoms with Crippen LogP contribution in [0.4, 0.5) is 0 Å². The number of carbonyl (C=O) groups is 3. The number of allylic oxidation sites excluding steroid dienone is 12. The van der Waals surface area contributed by atoms with Gasteiger partial charge in [-0.2, -0.15) is 0 Å². The van der Waals surface area contributed by atoms with Gasteiger partial charge in [-0.05, 0) is 64.2 Å². The van der Waals surface area contributed by atoms with E-state index in [-0.39, 0.29) is 42.7 Å². The van der Waals surface area contributed by atoms with Crippen LogP contribution in [0.3, 0.4) is 0 Å². The second-order valence-electron chi connectivity index (χ2n) is 19.1. The van der Waals surface area contributed by atoms with Gasteiger partial charge in [0.05, 0.1) is 40.3 Å². The van der Waals surface area contributed by atoms with Gasteiger partial charge in [-0.15, -0.1) is 0 Å². The van der Waals surface area contributed by atoms with Crippen molar-refractivity contribution in [3.05, 3.63) is 72.9 Å². The molecule has 0 bridgehead atoms. The van der Waals surface area contributed by atoms with Crippen molar-refractivity contribution >= 4 is 17.9 Å². The standard InChI is InChI=1S/C58H101NO7/c1-6-8-10-12-14-16-18-20-22-24-26-28-29-31-32-34-36-38-40-42-44-46-48-56(60)65-53-54(52-64-51-50-55(58(62)63)59(3,4)5)66-57(61)49-47-45-43-41-39-37-35-33-30-27-25-23-21-19-17-15-13-11-9-7-2/h8,10,14,16,20,22,26,28,31-32,36,38,54-55H,6-7,9,11-13,15,17-19,21,23-25,27,29-30,33-35,37,39-53H2,1-5H3/b10-8+,16-14+,22-20+,28-26+,32-31+,38-36+. The molecule has 2 atom stereocenters. The molecule has 8 heteroatoms. The minimum Gasteiger partial charge on any atom is -0.544 e. The van der Waals surface area contributed by atoms with E-state index in [1.807, 2.05) is 0 Å². The number of unbranched alkanes of at least 4 members (excludes halogenated alkanes) is 22. The van der Waals surface area contributed by atoms with Gasteiger partial charge in [-0.1, -0.05) is 215 Å². The van der Waals surface area contributed by atoms with Crippen molar-refractivity contribution in [3.63, 3.8) is 0 Å². The van der Waals surface area contributed by atoms with E-state index in [9.17, 15) is 19.5 Å². The first-order valence-electron chi connectivity index (χ1n) is 27.0. The van der Waals surface area contributed by atoms with Crippen LogP contribution in [0.15, 0.2) is 72.9 Å². The van der Waals surface area contributed by atoms with Gasteiger partial charge in [-0.25, -0.2) is 0 Å². The second kappa shape index (κ2) is 48.2. The molecule has 0 aromatic heterocycles. The Morgan fingerprint density at radius 2 is 0.848 bits per heavy atom. The number of hydrogen-bond donors (Lipinski definition) is 0. The molecule has 66 heavy (non-hydrogen) atoms. The number of carboxylic acids is 1. The number of aliphatic carboxylic acids is 1. The molecule has 0 aromatic carbocycles. The van der Waals surface area contributed by atoms with E-state index < -0.39 is 18.1 Å². The van der Waals surface area contributed by atoms with E-state index in [1.165, 1.54) is 109 Å². The average Bonchev–Trinajstić information content (AvgIpc) is 3.28. The molecule has 0 N–H and O–H groups in total. The first-order chi connectivity index (χ1) is 32.1. The molecule has 0 heterocycles. The van der Waals surface area contributed by atoms with Crippen molar-refractivity contribution in [2.45, 2.75) is 238 Å². The Bertz CT molecular complexity index is 1310. The quantitative estimate of drug-likeness (QED) is 0.0259. The Balaban J connectivity index is 4.28. The molecular weight excluding hydrogens is 823 g/mol. The number of esters is 2. The topological polar surface area (TPSA) is 102 Å². The molecule has 0 radical (unpaired) electrons. The third kappa shape index (κ3) is 45.9. The van der Waals surface area contributed by atoms with E-state index in [4.69, 9.17) is 14.2 Å². The van der Waals surface area contributed by atoms with Crippen LogP contribution in [0.2, 0.25) is 0 Å². The fourth-order valence-electron chi connectivity index (χ4n) is 7.72. The Morgan fingerprint density at radius 1 is 0.470 bits per heavy atom. The van der Waals surface area contributed by atoms with Gasteiger partial charge in [-0.3, -0.25) is 9.59 Å². The van der Waals surface area contributed by atoms with Gasteiger partial charge in [0.2, 0.25) is 0 Å². The van der Waals surface area contributed by atoms with Crippen LogP contribution in [0.25, 0.3) is 0 Å².